The summed E-state index contributed by atoms with van der Waals surface area (Å²) >= 11 is 0. The lowest BCUT2D eigenvalue weighted by Gasteiger charge is -2.09. The number of halogens is 3. The van der Waals surface area contributed by atoms with E-state index in [4.69, 9.17) is 5.73 Å². The molecule has 0 aliphatic heterocycles. The van der Waals surface area contributed by atoms with Gasteiger partial charge in [0, 0.05) is 5.69 Å². The van der Waals surface area contributed by atoms with Crippen LogP contribution < -0.4 is 5.73 Å². The van der Waals surface area contributed by atoms with Crippen LogP contribution in [0.4, 0.5) is 18.9 Å². The molecular weight excluding hydrogens is 167 g/mol. The Balaban J connectivity index is 3.23. The Morgan fingerprint density at radius 1 is 1.25 bits per heavy atom. The highest BCUT2D eigenvalue weighted by molar-refractivity contribution is 5.50. The highest BCUT2D eigenvalue weighted by Crippen LogP contribution is 2.33. The number of nitrogen functional groups attached to an aromatic ring is 1. The van der Waals surface area contributed by atoms with Gasteiger partial charge >= 0.3 is 6.18 Å². The van der Waals surface area contributed by atoms with Gasteiger partial charge < -0.3 is 5.73 Å². The van der Waals surface area contributed by atoms with Gasteiger partial charge in [0.25, 0.3) is 0 Å². The Morgan fingerprint density at radius 3 is 2.25 bits per heavy atom. The van der Waals surface area contributed by atoms with E-state index >= 15 is 0 Å². The predicted octanol–water partition coefficient (Wildman–Crippen LogP) is 2.47. The van der Waals surface area contributed by atoms with Crippen LogP contribution in [-0.4, -0.2) is 0 Å². The van der Waals surface area contributed by atoms with E-state index in [0.29, 0.717) is 5.56 Å². The fourth-order valence-electron chi connectivity index (χ4n) is 0.849. The Labute approximate surface area is 68.0 Å². The van der Waals surface area contributed by atoms with E-state index in [2.05, 4.69) is 6.92 Å². The standard InChI is InChI=1S/C8H7F3N/c1-5-2-3-7(12)6(4-5)8(9,10)11/h2-4H,1,12H2. The summed E-state index contributed by atoms with van der Waals surface area (Å²) in [6.07, 6.45) is -4.39. The first-order valence-electron chi connectivity index (χ1n) is 3.20. The largest absolute Gasteiger partial charge is 0.418 e. The fraction of sp³-hybridized carbons (Fsp3) is 0.125. The monoisotopic (exact) mass is 174 g/mol. The molecule has 0 unspecified atom stereocenters. The molecule has 1 radical (unpaired) electrons. The summed E-state index contributed by atoms with van der Waals surface area (Å²) < 4.78 is 36.4. The number of nitrogens with two attached hydrogens (primary N) is 1. The van der Waals surface area contributed by atoms with Crippen LogP contribution in [-0.2, 0) is 6.18 Å². The van der Waals surface area contributed by atoms with Gasteiger partial charge in [0.1, 0.15) is 0 Å². The summed E-state index contributed by atoms with van der Waals surface area (Å²) in [5.41, 5.74) is 4.34. The second-order valence-electron chi connectivity index (χ2n) is 2.42. The van der Waals surface area contributed by atoms with Crippen molar-refractivity contribution < 1.29 is 13.2 Å². The minimum absolute atomic E-state index is 0.269. The van der Waals surface area contributed by atoms with Crippen molar-refractivity contribution in [2.24, 2.45) is 0 Å². The molecule has 0 saturated heterocycles. The maximum absolute atomic E-state index is 12.1. The Morgan fingerprint density at radius 2 is 1.83 bits per heavy atom. The minimum Gasteiger partial charge on any atom is -0.398 e. The van der Waals surface area contributed by atoms with Crippen LogP contribution in [0.1, 0.15) is 11.1 Å². The molecule has 0 saturated carbocycles. The predicted molar refractivity (Wildman–Crippen MR) is 40.3 cm³/mol. The average Bonchev–Trinajstić information content (AvgIpc) is 1.92. The Bertz CT molecular complexity index is 291. The van der Waals surface area contributed by atoms with Gasteiger partial charge in [0.05, 0.1) is 5.56 Å². The van der Waals surface area contributed by atoms with Crippen LogP contribution in [0.25, 0.3) is 0 Å². The first kappa shape index (κ1) is 8.90. The van der Waals surface area contributed by atoms with Crippen molar-refractivity contribution in [1.29, 1.82) is 0 Å². The third-order valence-electron chi connectivity index (χ3n) is 1.42. The number of benzene rings is 1. The summed E-state index contributed by atoms with van der Waals surface area (Å²) in [6.45, 7) is 3.38. The van der Waals surface area contributed by atoms with Crippen LogP contribution >= 0.6 is 0 Å². The molecule has 12 heavy (non-hydrogen) atoms. The van der Waals surface area contributed by atoms with E-state index in [1.54, 1.807) is 0 Å². The SMILES string of the molecule is [CH2]c1ccc(N)c(C(F)(F)F)c1. The van der Waals surface area contributed by atoms with Crippen LogP contribution in [0.3, 0.4) is 0 Å². The molecule has 0 spiro atoms. The van der Waals surface area contributed by atoms with Crippen LogP contribution in [0, 0.1) is 6.92 Å². The molecule has 1 aromatic carbocycles. The number of anilines is 1. The van der Waals surface area contributed by atoms with Gasteiger partial charge in [-0.15, -0.1) is 0 Å². The maximum atomic E-state index is 12.1. The van der Waals surface area contributed by atoms with E-state index < -0.39 is 11.7 Å². The molecule has 0 heterocycles. The van der Waals surface area contributed by atoms with Crippen molar-refractivity contribution in [1.82, 2.24) is 0 Å². The second-order valence-corrected chi connectivity index (χ2v) is 2.42. The van der Waals surface area contributed by atoms with Crippen molar-refractivity contribution in [3.63, 3.8) is 0 Å². The zero-order valence-corrected chi connectivity index (χ0v) is 6.15. The quantitative estimate of drug-likeness (QED) is 0.600. The lowest BCUT2D eigenvalue weighted by atomic mass is 10.1. The lowest BCUT2D eigenvalue weighted by molar-refractivity contribution is -0.136. The Hall–Kier alpha value is -1.19. The van der Waals surface area contributed by atoms with Crippen LogP contribution in [0.2, 0.25) is 0 Å². The molecule has 0 aliphatic rings. The maximum Gasteiger partial charge on any atom is 0.418 e. The normalized spacial score (nSPS) is 11.7. The molecular formula is C8H7F3N. The average molecular weight is 174 g/mol. The van der Waals surface area contributed by atoms with Crippen molar-refractivity contribution in [2.75, 3.05) is 5.73 Å². The van der Waals surface area contributed by atoms with Crippen LogP contribution in [0.15, 0.2) is 18.2 Å². The molecule has 4 heteroatoms. The molecule has 1 nitrogen and oxygen atoms in total. The van der Waals surface area contributed by atoms with E-state index in [9.17, 15) is 13.2 Å². The number of alkyl halides is 3. The molecule has 0 bridgehead atoms. The summed E-state index contributed by atoms with van der Waals surface area (Å²) in [4.78, 5) is 0. The molecule has 0 fully saturated rings. The highest BCUT2D eigenvalue weighted by atomic mass is 19.4. The molecule has 0 aliphatic carbocycles. The fourth-order valence-corrected chi connectivity index (χ4v) is 0.849. The third-order valence-corrected chi connectivity index (χ3v) is 1.42. The summed E-state index contributed by atoms with van der Waals surface area (Å²) in [7, 11) is 0. The van der Waals surface area contributed by atoms with Crippen molar-refractivity contribution in [2.45, 2.75) is 6.18 Å². The van der Waals surface area contributed by atoms with Crippen molar-refractivity contribution >= 4 is 5.69 Å². The van der Waals surface area contributed by atoms with E-state index in [1.807, 2.05) is 0 Å². The zero-order valence-electron chi connectivity index (χ0n) is 6.15. The first-order chi connectivity index (χ1) is 5.41. The molecule has 0 aromatic heterocycles. The smallest absolute Gasteiger partial charge is 0.398 e. The highest BCUT2D eigenvalue weighted by Gasteiger charge is 2.32. The van der Waals surface area contributed by atoms with Gasteiger partial charge in [-0.3, -0.25) is 0 Å². The van der Waals surface area contributed by atoms with Gasteiger partial charge in [-0.1, -0.05) is 6.07 Å². The molecule has 1 rings (SSSR count). The first-order valence-corrected chi connectivity index (χ1v) is 3.20. The molecule has 65 valence electrons. The molecule has 0 amide bonds. The number of hydrogen-bond acceptors (Lipinski definition) is 1. The molecule has 1 aromatic rings. The van der Waals surface area contributed by atoms with Gasteiger partial charge in [0.15, 0.2) is 0 Å². The molecule has 2 N–H and O–H groups in total. The number of rotatable bonds is 0. The lowest BCUT2D eigenvalue weighted by Crippen LogP contribution is -2.08. The van der Waals surface area contributed by atoms with E-state index in [0.717, 1.165) is 6.07 Å². The number of hydrogen-bond donors (Lipinski definition) is 1. The topological polar surface area (TPSA) is 26.0 Å². The van der Waals surface area contributed by atoms with Crippen molar-refractivity contribution in [3.05, 3.63) is 36.2 Å². The van der Waals surface area contributed by atoms with Gasteiger partial charge in [-0.05, 0) is 24.6 Å². The van der Waals surface area contributed by atoms with E-state index in [-0.39, 0.29) is 5.69 Å². The van der Waals surface area contributed by atoms with Gasteiger partial charge in [0.2, 0.25) is 0 Å². The molecule has 0 atom stereocenters. The van der Waals surface area contributed by atoms with Crippen molar-refractivity contribution in [3.8, 4) is 0 Å². The minimum atomic E-state index is -4.39. The van der Waals surface area contributed by atoms with Crippen LogP contribution in [0.5, 0.6) is 0 Å². The summed E-state index contributed by atoms with van der Waals surface area (Å²) in [6, 6.07) is 3.56. The Kier molecular flexibility index (Phi) is 2.00. The zero-order chi connectivity index (χ0) is 9.35. The second kappa shape index (κ2) is 2.69. The third kappa shape index (κ3) is 1.69. The van der Waals surface area contributed by atoms with Gasteiger partial charge in [-0.2, -0.15) is 13.2 Å². The summed E-state index contributed by atoms with van der Waals surface area (Å²) in [5.74, 6) is 0. The van der Waals surface area contributed by atoms with Gasteiger partial charge in [-0.25, -0.2) is 0 Å². The van der Waals surface area contributed by atoms with E-state index in [1.165, 1.54) is 12.1 Å². The summed E-state index contributed by atoms with van der Waals surface area (Å²) in [5, 5.41) is 0.